The quantitative estimate of drug-likeness (QED) is 0.724. The van der Waals surface area contributed by atoms with E-state index >= 15 is 0 Å². The van der Waals surface area contributed by atoms with Gasteiger partial charge >= 0.3 is 0 Å². The molecule has 1 aromatic carbocycles. The van der Waals surface area contributed by atoms with Gasteiger partial charge in [-0.15, -0.1) is 0 Å². The van der Waals surface area contributed by atoms with E-state index in [1.165, 1.54) is 0 Å². The third-order valence-corrected chi connectivity index (χ3v) is 8.34. The molecule has 2 nitrogen and oxygen atoms in total. The maximum Gasteiger partial charge on any atom is 0.250 e. The van der Waals surface area contributed by atoms with Crippen molar-refractivity contribution < 1.29 is 4.43 Å². The van der Waals surface area contributed by atoms with Crippen LogP contribution in [0.4, 0.5) is 0 Å². The molecule has 0 radical (unpaired) electrons. The van der Waals surface area contributed by atoms with Crippen molar-refractivity contribution in [3.63, 3.8) is 0 Å². The Bertz CT molecular complexity index is 599. The molecule has 0 bridgehead atoms. The summed E-state index contributed by atoms with van der Waals surface area (Å²) in [6.45, 7) is 13.3. The SMILES string of the molecule is Cc1ccc2cccc(O[Si](C)(C)C(C)(C)C)c2n1. The molecule has 0 aliphatic rings. The van der Waals surface area contributed by atoms with Crippen molar-refractivity contribution in [1.29, 1.82) is 0 Å². The van der Waals surface area contributed by atoms with Gasteiger partial charge in [0.2, 0.25) is 0 Å². The monoisotopic (exact) mass is 273 g/mol. The predicted molar refractivity (Wildman–Crippen MR) is 84.3 cm³/mol. The van der Waals surface area contributed by atoms with Crippen LogP contribution in [0.1, 0.15) is 26.5 Å². The molecular weight excluding hydrogens is 250 g/mol. The molecule has 1 aromatic heterocycles. The fourth-order valence-electron chi connectivity index (χ4n) is 1.73. The second-order valence-electron chi connectivity index (χ2n) is 6.64. The zero-order chi connectivity index (χ0) is 14.3. The maximum atomic E-state index is 6.41. The lowest BCUT2D eigenvalue weighted by Crippen LogP contribution is -2.43. The summed E-state index contributed by atoms with van der Waals surface area (Å²) in [5.41, 5.74) is 2.01. The number of benzene rings is 1. The molecule has 2 aromatic rings. The van der Waals surface area contributed by atoms with Gasteiger partial charge in [-0.1, -0.05) is 39.0 Å². The van der Waals surface area contributed by atoms with Gasteiger partial charge in [-0.2, -0.15) is 0 Å². The van der Waals surface area contributed by atoms with Crippen LogP contribution in [0.2, 0.25) is 18.1 Å². The summed E-state index contributed by atoms with van der Waals surface area (Å²) < 4.78 is 6.41. The van der Waals surface area contributed by atoms with E-state index < -0.39 is 8.32 Å². The highest BCUT2D eigenvalue weighted by atomic mass is 28.4. The summed E-state index contributed by atoms with van der Waals surface area (Å²) in [5, 5.41) is 1.33. The van der Waals surface area contributed by atoms with Gasteiger partial charge in [-0.05, 0) is 37.2 Å². The molecular formula is C16H23NOSi. The summed E-state index contributed by atoms with van der Waals surface area (Å²) in [6, 6.07) is 10.3. The molecule has 19 heavy (non-hydrogen) atoms. The zero-order valence-electron chi connectivity index (χ0n) is 12.7. The number of fused-ring (bicyclic) bond motifs is 1. The van der Waals surface area contributed by atoms with E-state index in [9.17, 15) is 0 Å². The van der Waals surface area contributed by atoms with Crippen molar-refractivity contribution in [3.05, 3.63) is 36.0 Å². The number of hydrogen-bond acceptors (Lipinski definition) is 2. The van der Waals surface area contributed by atoms with Crippen LogP contribution in [-0.2, 0) is 0 Å². The summed E-state index contributed by atoms with van der Waals surface area (Å²) in [6.07, 6.45) is 0. The minimum atomic E-state index is -1.82. The minimum absolute atomic E-state index is 0.193. The van der Waals surface area contributed by atoms with Gasteiger partial charge in [0.05, 0.1) is 0 Å². The smallest absolute Gasteiger partial charge is 0.250 e. The third kappa shape index (κ3) is 2.81. The molecule has 3 heteroatoms. The Hall–Kier alpha value is -1.35. The highest BCUT2D eigenvalue weighted by Gasteiger charge is 2.39. The van der Waals surface area contributed by atoms with E-state index in [2.05, 4.69) is 51.0 Å². The Morgan fingerprint density at radius 1 is 1.05 bits per heavy atom. The van der Waals surface area contributed by atoms with Gasteiger partial charge in [-0.3, -0.25) is 0 Å². The second kappa shape index (κ2) is 4.64. The summed E-state index contributed by atoms with van der Waals surface area (Å²) >= 11 is 0. The number of aryl methyl sites for hydroxylation is 1. The van der Waals surface area contributed by atoms with Crippen LogP contribution in [0.5, 0.6) is 5.75 Å². The molecule has 0 fully saturated rings. The first-order valence-electron chi connectivity index (χ1n) is 6.76. The summed E-state index contributed by atoms with van der Waals surface area (Å²) in [4.78, 5) is 4.64. The van der Waals surface area contributed by atoms with E-state index in [4.69, 9.17) is 4.43 Å². The predicted octanol–water partition coefficient (Wildman–Crippen LogP) is 4.93. The topological polar surface area (TPSA) is 22.1 Å². The largest absolute Gasteiger partial charge is 0.542 e. The lowest BCUT2D eigenvalue weighted by molar-refractivity contribution is 0.495. The summed E-state index contributed by atoms with van der Waals surface area (Å²) in [7, 11) is -1.82. The molecule has 0 aliphatic carbocycles. The van der Waals surface area contributed by atoms with Crippen molar-refractivity contribution in [2.45, 2.75) is 45.8 Å². The Morgan fingerprint density at radius 2 is 1.74 bits per heavy atom. The average Bonchev–Trinajstić information content (AvgIpc) is 2.28. The van der Waals surface area contributed by atoms with Gasteiger partial charge in [0.15, 0.2) is 0 Å². The average molecular weight is 273 g/mol. The molecule has 0 atom stereocenters. The molecule has 0 saturated carbocycles. The maximum absolute atomic E-state index is 6.41. The molecule has 1 heterocycles. The number of pyridine rings is 1. The molecule has 0 aliphatic heterocycles. The Labute approximate surface area is 117 Å². The molecule has 0 N–H and O–H groups in total. The van der Waals surface area contributed by atoms with Crippen LogP contribution in [0.15, 0.2) is 30.3 Å². The van der Waals surface area contributed by atoms with Crippen LogP contribution < -0.4 is 4.43 Å². The van der Waals surface area contributed by atoms with E-state index in [0.717, 1.165) is 22.3 Å². The third-order valence-electron chi connectivity index (χ3n) is 3.99. The fraction of sp³-hybridized carbons (Fsp3) is 0.438. The summed E-state index contributed by atoms with van der Waals surface area (Å²) in [5.74, 6) is 0.924. The second-order valence-corrected chi connectivity index (χ2v) is 11.4. The van der Waals surface area contributed by atoms with Crippen molar-refractivity contribution in [2.24, 2.45) is 0 Å². The first-order valence-corrected chi connectivity index (χ1v) is 9.67. The van der Waals surface area contributed by atoms with Gasteiger partial charge in [0.25, 0.3) is 8.32 Å². The number of nitrogens with zero attached hydrogens (tertiary/aromatic N) is 1. The molecule has 0 amide bonds. The van der Waals surface area contributed by atoms with Crippen molar-refractivity contribution in [1.82, 2.24) is 4.98 Å². The molecule has 0 saturated heterocycles. The fourth-order valence-corrected chi connectivity index (χ4v) is 2.75. The van der Waals surface area contributed by atoms with Gasteiger partial charge in [-0.25, -0.2) is 4.98 Å². The van der Waals surface area contributed by atoms with E-state index in [1.54, 1.807) is 0 Å². The van der Waals surface area contributed by atoms with Crippen molar-refractivity contribution >= 4 is 19.2 Å². The van der Waals surface area contributed by atoms with Crippen LogP contribution >= 0.6 is 0 Å². The normalized spacial score (nSPS) is 12.7. The van der Waals surface area contributed by atoms with E-state index in [1.807, 2.05) is 25.1 Å². The molecule has 102 valence electrons. The number of aromatic nitrogens is 1. The number of para-hydroxylation sites is 1. The van der Waals surface area contributed by atoms with Crippen LogP contribution in [-0.4, -0.2) is 13.3 Å². The molecule has 0 unspecified atom stereocenters. The lowest BCUT2D eigenvalue weighted by Gasteiger charge is -2.36. The Morgan fingerprint density at radius 3 is 2.37 bits per heavy atom. The zero-order valence-corrected chi connectivity index (χ0v) is 13.7. The van der Waals surface area contributed by atoms with Crippen LogP contribution in [0.25, 0.3) is 10.9 Å². The highest BCUT2D eigenvalue weighted by Crippen LogP contribution is 2.38. The minimum Gasteiger partial charge on any atom is -0.542 e. The first-order chi connectivity index (χ1) is 8.71. The highest BCUT2D eigenvalue weighted by molar-refractivity contribution is 6.74. The van der Waals surface area contributed by atoms with Gasteiger partial charge in [0, 0.05) is 11.1 Å². The van der Waals surface area contributed by atoms with E-state index in [0.29, 0.717) is 0 Å². The standard InChI is InChI=1S/C16H23NOSi/c1-12-10-11-13-8-7-9-14(15(13)17-12)18-19(5,6)16(2,3)4/h7-11H,1-6H3. The van der Waals surface area contributed by atoms with E-state index in [-0.39, 0.29) is 5.04 Å². The number of rotatable bonds is 2. The first kappa shape index (κ1) is 14.1. The van der Waals surface area contributed by atoms with Crippen LogP contribution in [0, 0.1) is 6.92 Å². The molecule has 2 rings (SSSR count). The van der Waals surface area contributed by atoms with Gasteiger partial charge in [0.1, 0.15) is 11.3 Å². The lowest BCUT2D eigenvalue weighted by atomic mass is 10.2. The molecule has 0 spiro atoms. The van der Waals surface area contributed by atoms with Crippen molar-refractivity contribution in [3.8, 4) is 5.75 Å². The Kier molecular flexibility index (Phi) is 3.43. The Balaban J connectivity index is 2.49. The van der Waals surface area contributed by atoms with Gasteiger partial charge < -0.3 is 4.43 Å². The number of hydrogen-bond donors (Lipinski definition) is 0. The van der Waals surface area contributed by atoms with Crippen molar-refractivity contribution in [2.75, 3.05) is 0 Å². The van der Waals surface area contributed by atoms with Crippen LogP contribution in [0.3, 0.4) is 0 Å².